The molecule has 1 amide bonds. The van der Waals surface area contributed by atoms with Crippen molar-refractivity contribution in [3.8, 4) is 11.5 Å². The molecule has 1 saturated heterocycles. The van der Waals surface area contributed by atoms with E-state index in [0.717, 1.165) is 24.8 Å². The fraction of sp³-hybridized carbons (Fsp3) is 0.500. The third-order valence-electron chi connectivity index (χ3n) is 3.51. The number of anilines is 1. The molecule has 0 saturated carbocycles. The summed E-state index contributed by atoms with van der Waals surface area (Å²) < 4.78 is 11.3. The first-order valence-corrected chi connectivity index (χ1v) is 6.67. The van der Waals surface area contributed by atoms with Crippen LogP contribution >= 0.6 is 0 Å². The van der Waals surface area contributed by atoms with E-state index in [0.29, 0.717) is 30.9 Å². The second-order valence-electron chi connectivity index (χ2n) is 4.90. The summed E-state index contributed by atoms with van der Waals surface area (Å²) in [6, 6.07) is 3.28. The van der Waals surface area contributed by atoms with E-state index in [1.54, 1.807) is 12.1 Å². The first-order valence-electron chi connectivity index (χ1n) is 6.67. The largest absolute Gasteiger partial charge is 0.508 e. The average Bonchev–Trinajstić information content (AvgIpc) is 2.43. The number of aromatic hydroxyl groups is 1. The monoisotopic (exact) mass is 263 g/mol. The molecule has 1 aromatic carbocycles. The van der Waals surface area contributed by atoms with Crippen molar-refractivity contribution in [3.05, 3.63) is 17.7 Å². The number of amides is 1. The van der Waals surface area contributed by atoms with E-state index in [4.69, 9.17) is 9.47 Å². The van der Waals surface area contributed by atoms with Crippen LogP contribution < -0.4 is 10.1 Å². The van der Waals surface area contributed by atoms with Crippen LogP contribution in [0.2, 0.25) is 0 Å². The standard InChI is InChI=1S/C14H17NO4/c16-10-5-6-11(19-13-3-1-2-8-18-13)14-9(10)4-7-12(17)15-14/h5-6,13,16H,1-4,7-8H2,(H,15,17). The summed E-state index contributed by atoms with van der Waals surface area (Å²) in [4.78, 5) is 11.5. The number of phenols is 1. The Kier molecular flexibility index (Phi) is 3.29. The van der Waals surface area contributed by atoms with Gasteiger partial charge in [-0.25, -0.2) is 0 Å². The highest BCUT2D eigenvalue weighted by Crippen LogP contribution is 2.39. The molecule has 1 atom stereocenters. The van der Waals surface area contributed by atoms with Gasteiger partial charge < -0.3 is 19.9 Å². The van der Waals surface area contributed by atoms with Crippen molar-refractivity contribution in [2.24, 2.45) is 0 Å². The molecule has 0 aliphatic carbocycles. The van der Waals surface area contributed by atoms with Crippen LogP contribution in [0.25, 0.3) is 0 Å². The zero-order valence-corrected chi connectivity index (χ0v) is 10.6. The summed E-state index contributed by atoms with van der Waals surface area (Å²) in [5.74, 6) is 0.729. The Hall–Kier alpha value is -1.75. The van der Waals surface area contributed by atoms with Gasteiger partial charge >= 0.3 is 0 Å². The lowest BCUT2D eigenvalue weighted by Gasteiger charge is -2.27. The molecular formula is C14H17NO4. The van der Waals surface area contributed by atoms with Crippen LogP contribution in [0.4, 0.5) is 5.69 Å². The first-order chi connectivity index (χ1) is 9.24. The van der Waals surface area contributed by atoms with Crippen molar-refractivity contribution in [3.63, 3.8) is 0 Å². The third kappa shape index (κ3) is 2.51. The van der Waals surface area contributed by atoms with Gasteiger partial charge in [0.2, 0.25) is 5.91 Å². The highest BCUT2D eigenvalue weighted by molar-refractivity contribution is 5.96. The molecule has 1 fully saturated rings. The van der Waals surface area contributed by atoms with E-state index < -0.39 is 0 Å². The van der Waals surface area contributed by atoms with Gasteiger partial charge in [0.1, 0.15) is 11.5 Å². The molecule has 1 aromatic rings. The van der Waals surface area contributed by atoms with Gasteiger partial charge in [-0.3, -0.25) is 4.79 Å². The minimum absolute atomic E-state index is 0.0486. The van der Waals surface area contributed by atoms with Gasteiger partial charge in [-0.2, -0.15) is 0 Å². The van der Waals surface area contributed by atoms with Gasteiger partial charge in [0.05, 0.1) is 12.3 Å². The number of benzene rings is 1. The summed E-state index contributed by atoms with van der Waals surface area (Å²) in [7, 11) is 0. The molecule has 0 aromatic heterocycles. The van der Waals surface area contributed by atoms with Crippen molar-refractivity contribution in [2.45, 2.75) is 38.4 Å². The van der Waals surface area contributed by atoms with Crippen molar-refractivity contribution in [1.29, 1.82) is 0 Å². The number of fused-ring (bicyclic) bond motifs is 1. The summed E-state index contributed by atoms with van der Waals surface area (Å²) in [5.41, 5.74) is 1.33. The molecule has 3 rings (SSSR count). The van der Waals surface area contributed by atoms with Gasteiger partial charge in [-0.15, -0.1) is 0 Å². The number of carbonyl (C=O) groups excluding carboxylic acids is 1. The molecule has 2 aliphatic rings. The molecule has 0 spiro atoms. The highest BCUT2D eigenvalue weighted by Gasteiger charge is 2.24. The van der Waals surface area contributed by atoms with Crippen LogP contribution in [-0.4, -0.2) is 23.9 Å². The number of ether oxygens (including phenoxy) is 2. The molecule has 2 aliphatic heterocycles. The Labute approximate surface area is 111 Å². The summed E-state index contributed by atoms with van der Waals surface area (Å²) >= 11 is 0. The maximum Gasteiger partial charge on any atom is 0.224 e. The SMILES string of the molecule is O=C1CCc2c(O)ccc(OC3CCCCO3)c2N1. The van der Waals surface area contributed by atoms with Crippen molar-refractivity contribution < 1.29 is 19.4 Å². The summed E-state index contributed by atoms with van der Waals surface area (Å²) in [6.07, 6.45) is 3.66. The van der Waals surface area contributed by atoms with Gasteiger partial charge in [0, 0.05) is 18.4 Å². The van der Waals surface area contributed by atoms with Crippen LogP contribution in [-0.2, 0) is 16.0 Å². The average molecular weight is 263 g/mol. The number of carbonyl (C=O) groups is 1. The second kappa shape index (κ2) is 5.09. The lowest BCUT2D eigenvalue weighted by molar-refractivity contribution is -0.116. The number of hydrogen-bond donors (Lipinski definition) is 2. The molecule has 19 heavy (non-hydrogen) atoms. The van der Waals surface area contributed by atoms with Crippen LogP contribution in [0, 0.1) is 0 Å². The van der Waals surface area contributed by atoms with E-state index in [1.165, 1.54) is 0 Å². The summed E-state index contributed by atoms with van der Waals surface area (Å²) in [5, 5.41) is 12.6. The zero-order chi connectivity index (χ0) is 13.2. The van der Waals surface area contributed by atoms with Crippen LogP contribution in [0.1, 0.15) is 31.2 Å². The molecule has 5 heteroatoms. The number of rotatable bonds is 2. The second-order valence-corrected chi connectivity index (χ2v) is 4.90. The smallest absolute Gasteiger partial charge is 0.224 e. The van der Waals surface area contributed by atoms with Crippen molar-refractivity contribution >= 4 is 11.6 Å². The normalized spacial score (nSPS) is 22.5. The van der Waals surface area contributed by atoms with Gasteiger partial charge in [-0.1, -0.05) is 0 Å². The van der Waals surface area contributed by atoms with Crippen molar-refractivity contribution in [2.75, 3.05) is 11.9 Å². The molecule has 2 N–H and O–H groups in total. The Morgan fingerprint density at radius 2 is 2.21 bits per heavy atom. The summed E-state index contributed by atoms with van der Waals surface area (Å²) in [6.45, 7) is 0.706. The van der Waals surface area contributed by atoms with Crippen LogP contribution in [0.15, 0.2) is 12.1 Å². The van der Waals surface area contributed by atoms with Gasteiger partial charge in [0.15, 0.2) is 6.29 Å². The Morgan fingerprint density at radius 1 is 1.32 bits per heavy atom. The molecule has 0 radical (unpaired) electrons. The minimum atomic E-state index is -0.263. The first kappa shape index (κ1) is 12.3. The molecule has 0 bridgehead atoms. The predicted molar refractivity (Wildman–Crippen MR) is 69.3 cm³/mol. The lowest BCUT2D eigenvalue weighted by atomic mass is 10.0. The fourth-order valence-corrected chi connectivity index (χ4v) is 2.49. The predicted octanol–water partition coefficient (Wildman–Crippen LogP) is 2.18. The Morgan fingerprint density at radius 3 is 3.00 bits per heavy atom. The van der Waals surface area contributed by atoms with E-state index in [1.807, 2.05) is 0 Å². The molecule has 2 heterocycles. The van der Waals surface area contributed by atoms with E-state index in [9.17, 15) is 9.90 Å². The Balaban J connectivity index is 1.86. The lowest BCUT2D eigenvalue weighted by Crippen LogP contribution is -2.26. The maximum absolute atomic E-state index is 11.5. The molecular weight excluding hydrogens is 246 g/mol. The van der Waals surface area contributed by atoms with Crippen LogP contribution in [0.3, 0.4) is 0 Å². The van der Waals surface area contributed by atoms with E-state index >= 15 is 0 Å². The maximum atomic E-state index is 11.5. The fourth-order valence-electron chi connectivity index (χ4n) is 2.49. The topological polar surface area (TPSA) is 67.8 Å². The van der Waals surface area contributed by atoms with Crippen LogP contribution in [0.5, 0.6) is 11.5 Å². The third-order valence-corrected chi connectivity index (χ3v) is 3.51. The quantitative estimate of drug-likeness (QED) is 0.858. The highest BCUT2D eigenvalue weighted by atomic mass is 16.7. The molecule has 5 nitrogen and oxygen atoms in total. The van der Waals surface area contributed by atoms with E-state index in [2.05, 4.69) is 5.32 Å². The number of nitrogens with one attached hydrogen (secondary N) is 1. The number of phenolic OH excluding ortho intramolecular Hbond substituents is 1. The minimum Gasteiger partial charge on any atom is -0.508 e. The zero-order valence-electron chi connectivity index (χ0n) is 10.6. The number of hydrogen-bond acceptors (Lipinski definition) is 4. The van der Waals surface area contributed by atoms with E-state index in [-0.39, 0.29) is 17.9 Å². The Bertz CT molecular complexity index is 494. The molecule has 102 valence electrons. The molecule has 1 unspecified atom stereocenters. The van der Waals surface area contributed by atoms with Gasteiger partial charge in [0.25, 0.3) is 0 Å². The van der Waals surface area contributed by atoms with Crippen molar-refractivity contribution in [1.82, 2.24) is 0 Å². The van der Waals surface area contributed by atoms with Gasteiger partial charge in [-0.05, 0) is 31.4 Å².